The van der Waals surface area contributed by atoms with Crippen LogP contribution in [0.2, 0.25) is 0 Å². The second-order valence-electron chi connectivity index (χ2n) is 4.62. The molecule has 4 heteroatoms. The highest BCUT2D eigenvalue weighted by atomic mass is 79.9. The van der Waals surface area contributed by atoms with Gasteiger partial charge in [0.1, 0.15) is 13.2 Å². The molecular formula is C16H14Br2O2. The van der Waals surface area contributed by atoms with E-state index in [0.29, 0.717) is 13.2 Å². The summed E-state index contributed by atoms with van der Waals surface area (Å²) in [4.78, 5) is 0.368. The van der Waals surface area contributed by atoms with Crippen molar-refractivity contribution in [1.29, 1.82) is 0 Å². The fraction of sp³-hybridized carbons (Fsp3) is 0.250. The average Bonchev–Trinajstić information content (AvgIpc) is 2.54. The van der Waals surface area contributed by atoms with E-state index in [1.165, 1.54) is 11.1 Å². The van der Waals surface area contributed by atoms with Gasteiger partial charge >= 0.3 is 0 Å². The number of benzene rings is 2. The number of halogens is 2. The van der Waals surface area contributed by atoms with Gasteiger partial charge in [-0.2, -0.15) is 0 Å². The summed E-state index contributed by atoms with van der Waals surface area (Å²) in [6, 6.07) is 16.5. The van der Waals surface area contributed by atoms with Crippen molar-refractivity contribution in [3.8, 4) is 11.5 Å². The Bertz CT molecular complexity index is 586. The van der Waals surface area contributed by atoms with Gasteiger partial charge in [-0.15, -0.1) is 0 Å². The van der Waals surface area contributed by atoms with Crippen molar-refractivity contribution < 1.29 is 9.47 Å². The Morgan fingerprint density at radius 1 is 0.750 bits per heavy atom. The van der Waals surface area contributed by atoms with Crippen LogP contribution in [0.4, 0.5) is 0 Å². The van der Waals surface area contributed by atoms with Gasteiger partial charge in [0.05, 0.1) is 9.65 Å². The number of ether oxygens (including phenoxy) is 2. The molecule has 20 heavy (non-hydrogen) atoms. The molecule has 1 heterocycles. The predicted octanol–water partition coefficient (Wildman–Crippen LogP) is 5.03. The number of rotatable bonds is 3. The zero-order valence-electron chi connectivity index (χ0n) is 10.8. The second kappa shape index (κ2) is 6.19. The third-order valence-electron chi connectivity index (χ3n) is 3.26. The summed E-state index contributed by atoms with van der Waals surface area (Å²) in [5.74, 6) is 1.65. The summed E-state index contributed by atoms with van der Waals surface area (Å²) >= 11 is 7.54. The molecule has 0 saturated carbocycles. The molecule has 0 fully saturated rings. The molecule has 2 aromatic rings. The fourth-order valence-corrected chi connectivity index (χ4v) is 3.41. The molecule has 3 rings (SSSR count). The fourth-order valence-electron chi connectivity index (χ4n) is 2.21. The van der Waals surface area contributed by atoms with E-state index in [4.69, 9.17) is 9.47 Å². The SMILES string of the molecule is BrC(c1ccccc1)C(Br)c1ccc2c(c1)OCCO2. The second-order valence-corrected chi connectivity index (χ2v) is 6.59. The minimum atomic E-state index is 0.167. The number of hydrogen-bond donors (Lipinski definition) is 0. The minimum absolute atomic E-state index is 0.167. The van der Waals surface area contributed by atoms with E-state index in [-0.39, 0.29) is 9.65 Å². The maximum absolute atomic E-state index is 5.64. The smallest absolute Gasteiger partial charge is 0.161 e. The van der Waals surface area contributed by atoms with Crippen LogP contribution in [0.1, 0.15) is 20.8 Å². The van der Waals surface area contributed by atoms with Crippen LogP contribution in [-0.2, 0) is 0 Å². The lowest BCUT2D eigenvalue weighted by Crippen LogP contribution is -2.15. The van der Waals surface area contributed by atoms with Crippen LogP contribution in [-0.4, -0.2) is 13.2 Å². The van der Waals surface area contributed by atoms with Gasteiger partial charge < -0.3 is 9.47 Å². The van der Waals surface area contributed by atoms with Gasteiger partial charge in [0.15, 0.2) is 11.5 Å². The van der Waals surface area contributed by atoms with Crippen molar-refractivity contribution in [3.63, 3.8) is 0 Å². The molecule has 0 aromatic heterocycles. The molecule has 2 aromatic carbocycles. The Hall–Kier alpha value is -1.00. The monoisotopic (exact) mass is 396 g/mol. The Morgan fingerprint density at radius 2 is 1.40 bits per heavy atom. The third kappa shape index (κ3) is 2.86. The van der Waals surface area contributed by atoms with Crippen LogP contribution >= 0.6 is 31.9 Å². The van der Waals surface area contributed by atoms with Crippen LogP contribution in [0.15, 0.2) is 48.5 Å². The van der Waals surface area contributed by atoms with Crippen molar-refractivity contribution in [2.24, 2.45) is 0 Å². The summed E-state index contributed by atoms with van der Waals surface area (Å²) in [5, 5.41) is 0. The first-order valence-electron chi connectivity index (χ1n) is 6.48. The maximum Gasteiger partial charge on any atom is 0.161 e. The standard InChI is InChI=1S/C16H14Br2O2/c17-15(11-4-2-1-3-5-11)16(18)12-6-7-13-14(10-12)20-9-8-19-13/h1-7,10,15-16H,8-9H2. The average molecular weight is 398 g/mol. The van der Waals surface area contributed by atoms with Gasteiger partial charge in [-0.25, -0.2) is 0 Å². The first-order chi connectivity index (χ1) is 9.75. The van der Waals surface area contributed by atoms with Gasteiger partial charge in [-0.3, -0.25) is 0 Å². The first kappa shape index (κ1) is 14.0. The van der Waals surface area contributed by atoms with Crippen molar-refractivity contribution in [2.45, 2.75) is 9.65 Å². The molecule has 0 amide bonds. The van der Waals surface area contributed by atoms with E-state index in [0.717, 1.165) is 11.5 Å². The molecule has 0 aliphatic carbocycles. The quantitative estimate of drug-likeness (QED) is 0.676. The van der Waals surface area contributed by atoms with Crippen LogP contribution in [0.3, 0.4) is 0 Å². The highest BCUT2D eigenvalue weighted by Gasteiger charge is 2.22. The molecule has 0 spiro atoms. The molecule has 0 saturated heterocycles. The summed E-state index contributed by atoms with van der Waals surface area (Å²) in [5.41, 5.74) is 2.41. The van der Waals surface area contributed by atoms with Gasteiger partial charge in [0.2, 0.25) is 0 Å². The van der Waals surface area contributed by atoms with Crippen molar-refractivity contribution >= 4 is 31.9 Å². The molecule has 0 radical (unpaired) electrons. The van der Waals surface area contributed by atoms with E-state index in [2.05, 4.69) is 50.1 Å². The van der Waals surface area contributed by atoms with Crippen LogP contribution in [0.25, 0.3) is 0 Å². The summed E-state index contributed by atoms with van der Waals surface area (Å²) in [7, 11) is 0. The lowest BCUT2D eigenvalue weighted by molar-refractivity contribution is 0.171. The van der Waals surface area contributed by atoms with E-state index in [1.807, 2.05) is 30.3 Å². The lowest BCUT2D eigenvalue weighted by atomic mass is 10.0. The number of alkyl halides is 2. The molecule has 2 nitrogen and oxygen atoms in total. The minimum Gasteiger partial charge on any atom is -0.486 e. The summed E-state index contributed by atoms with van der Waals surface area (Å²) in [6.45, 7) is 1.23. The van der Waals surface area contributed by atoms with Crippen molar-refractivity contribution in [1.82, 2.24) is 0 Å². The number of hydrogen-bond acceptors (Lipinski definition) is 2. The molecular weight excluding hydrogens is 384 g/mol. The largest absolute Gasteiger partial charge is 0.486 e. The first-order valence-corrected chi connectivity index (χ1v) is 8.31. The van der Waals surface area contributed by atoms with Gasteiger partial charge in [-0.05, 0) is 23.3 Å². The Balaban J connectivity index is 1.85. The topological polar surface area (TPSA) is 18.5 Å². The van der Waals surface area contributed by atoms with E-state index >= 15 is 0 Å². The van der Waals surface area contributed by atoms with Gasteiger partial charge in [0.25, 0.3) is 0 Å². The van der Waals surface area contributed by atoms with Gasteiger partial charge in [0, 0.05) is 0 Å². The molecule has 104 valence electrons. The summed E-state index contributed by atoms with van der Waals surface area (Å²) < 4.78 is 11.2. The molecule has 0 bridgehead atoms. The van der Waals surface area contributed by atoms with Crippen LogP contribution < -0.4 is 9.47 Å². The highest BCUT2D eigenvalue weighted by molar-refractivity contribution is 9.12. The van der Waals surface area contributed by atoms with E-state index in [1.54, 1.807) is 0 Å². The third-order valence-corrected chi connectivity index (χ3v) is 6.08. The molecule has 2 atom stereocenters. The lowest BCUT2D eigenvalue weighted by Gasteiger charge is -2.22. The Kier molecular flexibility index (Phi) is 4.32. The maximum atomic E-state index is 5.64. The summed E-state index contributed by atoms with van der Waals surface area (Å²) in [6.07, 6.45) is 0. The molecule has 0 N–H and O–H groups in total. The highest BCUT2D eigenvalue weighted by Crippen LogP contribution is 2.44. The predicted molar refractivity (Wildman–Crippen MR) is 87.2 cm³/mol. The van der Waals surface area contributed by atoms with E-state index in [9.17, 15) is 0 Å². The zero-order chi connectivity index (χ0) is 13.9. The van der Waals surface area contributed by atoms with Gasteiger partial charge in [-0.1, -0.05) is 68.3 Å². The van der Waals surface area contributed by atoms with Crippen LogP contribution in [0.5, 0.6) is 11.5 Å². The van der Waals surface area contributed by atoms with Crippen molar-refractivity contribution in [2.75, 3.05) is 13.2 Å². The van der Waals surface area contributed by atoms with Crippen LogP contribution in [0, 0.1) is 0 Å². The zero-order valence-corrected chi connectivity index (χ0v) is 13.9. The normalized spacial score (nSPS) is 16.5. The Labute approximate surface area is 135 Å². The van der Waals surface area contributed by atoms with Crippen molar-refractivity contribution in [3.05, 3.63) is 59.7 Å². The molecule has 2 unspecified atom stereocenters. The molecule has 1 aliphatic heterocycles. The Morgan fingerprint density at radius 3 is 2.15 bits per heavy atom. The number of fused-ring (bicyclic) bond motifs is 1. The molecule has 1 aliphatic rings. The van der Waals surface area contributed by atoms with E-state index < -0.39 is 0 Å².